The molecule has 6 aliphatic carbocycles. The van der Waals surface area contributed by atoms with E-state index < -0.39 is 23.6 Å². The van der Waals surface area contributed by atoms with E-state index in [0.29, 0.717) is 29.3 Å². The number of likely N-dealkylation sites (tertiary alicyclic amines) is 1. The first-order valence-corrected chi connectivity index (χ1v) is 13.7. The lowest BCUT2D eigenvalue weighted by Gasteiger charge is -2.67. The van der Waals surface area contributed by atoms with Gasteiger partial charge in [0.2, 0.25) is 0 Å². The van der Waals surface area contributed by atoms with Gasteiger partial charge in [0, 0.05) is 47.6 Å². The Morgan fingerprint density at radius 1 is 1.16 bits per heavy atom. The fourth-order valence-electron chi connectivity index (χ4n) is 11.2. The predicted octanol–water partition coefficient (Wildman–Crippen LogP) is 3.49. The number of nitrogens with zero attached hydrogens (tertiary/aromatic N) is 1. The summed E-state index contributed by atoms with van der Waals surface area (Å²) in [5.41, 5.74) is 0.210. The Hall–Kier alpha value is -2.38. The third-order valence-electron chi connectivity index (χ3n) is 11.7. The smallest absolute Gasteiger partial charge is 0.338 e. The minimum atomic E-state index is -0.605. The summed E-state index contributed by atoms with van der Waals surface area (Å²) < 4.78 is 17.1. The SMILES string of the molecule is C=C1C2CC3C4N(C)CC5(C)CCCC46C5C(=O)CC3(C1OC(=O)c1ccc(OC)c(OC)c1)C6C2O. The number of ketones is 1. The molecular weight excluding hydrogens is 470 g/mol. The van der Waals surface area contributed by atoms with Gasteiger partial charge in [-0.1, -0.05) is 19.9 Å². The number of methoxy groups -OCH3 is 2. The highest BCUT2D eigenvalue weighted by Gasteiger charge is 2.85. The van der Waals surface area contributed by atoms with Gasteiger partial charge >= 0.3 is 5.97 Å². The normalized spacial score (nSPS) is 47.1. The van der Waals surface area contributed by atoms with Crippen LogP contribution in [0.25, 0.3) is 0 Å². The second-order valence-corrected chi connectivity index (χ2v) is 13.0. The van der Waals surface area contributed by atoms with Gasteiger partial charge in [-0.3, -0.25) is 4.79 Å². The van der Waals surface area contributed by atoms with Crippen molar-refractivity contribution in [3.8, 4) is 11.5 Å². The monoisotopic (exact) mass is 507 g/mol. The number of rotatable bonds is 4. The van der Waals surface area contributed by atoms with Crippen molar-refractivity contribution in [1.82, 2.24) is 4.90 Å². The molecule has 198 valence electrons. The third kappa shape index (κ3) is 2.56. The number of esters is 1. The number of aliphatic hydroxyl groups excluding tert-OH is 1. The molecule has 6 saturated carbocycles. The molecule has 1 aromatic carbocycles. The summed E-state index contributed by atoms with van der Waals surface area (Å²) in [6, 6.07) is 5.23. The Balaban J connectivity index is 1.34. The van der Waals surface area contributed by atoms with Crippen LogP contribution in [0.1, 0.15) is 49.4 Å². The van der Waals surface area contributed by atoms with Crippen LogP contribution in [0.3, 0.4) is 0 Å². The maximum atomic E-state index is 14.2. The molecule has 6 bridgehead atoms. The number of carbonyl (C=O) groups excluding carboxylic acids is 2. The first kappa shape index (κ1) is 23.7. The van der Waals surface area contributed by atoms with Gasteiger partial charge in [0.25, 0.3) is 0 Å². The number of benzene rings is 1. The fraction of sp³-hybridized carbons (Fsp3) is 0.667. The van der Waals surface area contributed by atoms with E-state index in [2.05, 4.69) is 25.5 Å². The number of aliphatic hydroxyl groups is 1. The van der Waals surface area contributed by atoms with E-state index in [-0.39, 0.29) is 40.5 Å². The van der Waals surface area contributed by atoms with E-state index in [4.69, 9.17) is 14.2 Å². The lowest BCUT2D eigenvalue weighted by atomic mass is 9.38. The first-order valence-electron chi connectivity index (χ1n) is 13.7. The molecule has 8 rings (SSSR count). The van der Waals surface area contributed by atoms with Crippen molar-refractivity contribution in [2.45, 2.75) is 57.3 Å². The molecule has 1 N–H and O–H groups in total. The van der Waals surface area contributed by atoms with Crippen LogP contribution in [0, 0.1) is 39.9 Å². The number of ether oxygens (including phenoxy) is 3. The van der Waals surface area contributed by atoms with Gasteiger partial charge in [-0.15, -0.1) is 0 Å². The second-order valence-electron chi connectivity index (χ2n) is 13.0. The minimum absolute atomic E-state index is 0.0277. The Morgan fingerprint density at radius 2 is 1.92 bits per heavy atom. The summed E-state index contributed by atoms with van der Waals surface area (Å²) in [7, 11) is 5.30. The average Bonchev–Trinajstić information content (AvgIpc) is 2.96. The largest absolute Gasteiger partial charge is 0.493 e. The van der Waals surface area contributed by atoms with Gasteiger partial charge in [-0.25, -0.2) is 4.79 Å². The zero-order valence-electron chi connectivity index (χ0n) is 22.2. The topological polar surface area (TPSA) is 85.3 Å². The number of Topliss-reactive ketones (excluding diaryl/α,β-unsaturated/α-hetero) is 1. The summed E-state index contributed by atoms with van der Waals surface area (Å²) in [5, 5.41) is 11.9. The molecule has 1 saturated heterocycles. The minimum Gasteiger partial charge on any atom is -0.493 e. The van der Waals surface area contributed by atoms with Crippen LogP contribution >= 0.6 is 0 Å². The van der Waals surface area contributed by atoms with Gasteiger partial charge in [-0.05, 0) is 61.4 Å². The zero-order chi connectivity index (χ0) is 26.1. The lowest BCUT2D eigenvalue weighted by molar-refractivity contribution is -0.222. The Bertz CT molecular complexity index is 1230. The maximum absolute atomic E-state index is 14.2. The van der Waals surface area contributed by atoms with Crippen LogP contribution < -0.4 is 9.47 Å². The number of fused-ring (bicyclic) bond motifs is 1. The maximum Gasteiger partial charge on any atom is 0.338 e. The molecule has 10 atom stereocenters. The summed E-state index contributed by atoms with van der Waals surface area (Å²) in [6.07, 6.45) is 3.14. The van der Waals surface area contributed by atoms with E-state index in [1.165, 1.54) is 7.11 Å². The number of piperidine rings is 1. The predicted molar refractivity (Wildman–Crippen MR) is 135 cm³/mol. The molecular formula is C30H37NO6. The van der Waals surface area contributed by atoms with Crippen LogP contribution in [0.5, 0.6) is 11.5 Å². The second kappa shape index (κ2) is 7.38. The van der Waals surface area contributed by atoms with Crippen molar-refractivity contribution in [3.63, 3.8) is 0 Å². The van der Waals surface area contributed by atoms with Crippen molar-refractivity contribution >= 4 is 11.8 Å². The Labute approximate surface area is 218 Å². The van der Waals surface area contributed by atoms with Crippen molar-refractivity contribution in [2.24, 2.45) is 39.9 Å². The van der Waals surface area contributed by atoms with Crippen molar-refractivity contribution in [3.05, 3.63) is 35.9 Å². The van der Waals surface area contributed by atoms with Crippen LogP contribution in [0.2, 0.25) is 0 Å². The summed E-state index contributed by atoms with van der Waals surface area (Å²) >= 11 is 0. The average molecular weight is 508 g/mol. The highest BCUT2D eigenvalue weighted by Crippen LogP contribution is 2.82. The van der Waals surface area contributed by atoms with Crippen LogP contribution in [0.4, 0.5) is 0 Å². The third-order valence-corrected chi connectivity index (χ3v) is 11.7. The van der Waals surface area contributed by atoms with E-state index in [0.717, 1.165) is 37.8 Å². The van der Waals surface area contributed by atoms with Gasteiger partial charge in [-0.2, -0.15) is 0 Å². The summed E-state index contributed by atoms with van der Waals surface area (Å²) in [5.74, 6) is 0.837. The molecule has 7 heteroatoms. The number of hydrogen-bond donors (Lipinski definition) is 1. The van der Waals surface area contributed by atoms with Crippen molar-refractivity contribution in [2.75, 3.05) is 27.8 Å². The van der Waals surface area contributed by atoms with E-state index in [1.54, 1.807) is 25.3 Å². The van der Waals surface area contributed by atoms with Crippen LogP contribution in [0.15, 0.2) is 30.4 Å². The summed E-state index contributed by atoms with van der Waals surface area (Å²) in [4.78, 5) is 30.3. The Morgan fingerprint density at radius 3 is 2.65 bits per heavy atom. The quantitative estimate of drug-likeness (QED) is 0.493. The van der Waals surface area contributed by atoms with Crippen LogP contribution in [-0.4, -0.2) is 67.8 Å². The van der Waals surface area contributed by atoms with Crippen LogP contribution in [-0.2, 0) is 9.53 Å². The zero-order valence-corrected chi connectivity index (χ0v) is 22.2. The van der Waals surface area contributed by atoms with Crippen molar-refractivity contribution in [1.29, 1.82) is 0 Å². The van der Waals surface area contributed by atoms with Gasteiger partial charge in [0.05, 0.1) is 25.9 Å². The molecule has 10 unspecified atom stereocenters. The lowest BCUT2D eigenvalue weighted by Crippen LogP contribution is -2.71. The molecule has 7 fully saturated rings. The first-order chi connectivity index (χ1) is 17.6. The molecule has 0 aromatic heterocycles. The highest BCUT2D eigenvalue weighted by molar-refractivity contribution is 5.91. The molecule has 7 nitrogen and oxygen atoms in total. The van der Waals surface area contributed by atoms with E-state index in [1.807, 2.05) is 0 Å². The van der Waals surface area contributed by atoms with Crippen molar-refractivity contribution < 1.29 is 28.9 Å². The van der Waals surface area contributed by atoms with E-state index >= 15 is 0 Å². The molecule has 1 heterocycles. The molecule has 37 heavy (non-hydrogen) atoms. The van der Waals surface area contributed by atoms with Gasteiger partial charge in [0.15, 0.2) is 11.5 Å². The fourth-order valence-corrected chi connectivity index (χ4v) is 11.2. The number of hydrogen-bond acceptors (Lipinski definition) is 7. The van der Waals surface area contributed by atoms with E-state index in [9.17, 15) is 14.7 Å². The summed E-state index contributed by atoms with van der Waals surface area (Å²) in [6.45, 7) is 7.59. The standard InChI is InChI=1S/C30H37NO6/c1-15-17-12-18-25-29-10-6-9-28(2,14-31(25)3)23(29)19(32)13-30(18,24(29)22(17)33)26(15)37-27(34)16-7-8-20(35-4)21(11-16)36-5/h7-8,11,17-18,22-26,33H,1,6,9-10,12-14H2,2-5H3. The molecule has 1 aliphatic heterocycles. The Kier molecular flexibility index (Phi) is 4.73. The molecule has 0 radical (unpaired) electrons. The molecule has 7 aliphatic rings. The number of carbonyl (C=O) groups is 2. The van der Waals surface area contributed by atoms with Gasteiger partial charge in [0.1, 0.15) is 11.9 Å². The molecule has 1 aromatic rings. The van der Waals surface area contributed by atoms with Gasteiger partial charge < -0.3 is 24.2 Å². The molecule has 0 amide bonds. The highest BCUT2D eigenvalue weighted by atomic mass is 16.5. The molecule has 2 spiro atoms.